The van der Waals surface area contributed by atoms with E-state index in [1.807, 2.05) is 25.1 Å². The number of hydrogen-bond donors (Lipinski definition) is 3. The summed E-state index contributed by atoms with van der Waals surface area (Å²) in [4.78, 5) is 24.2. The first kappa shape index (κ1) is 18.1. The first-order valence-electron chi connectivity index (χ1n) is 8.52. The Bertz CT molecular complexity index is 583. The minimum absolute atomic E-state index is 0.173. The number of carbonyl (C=O) groups is 2. The summed E-state index contributed by atoms with van der Waals surface area (Å²) in [6.07, 6.45) is 5.44. The van der Waals surface area contributed by atoms with Crippen molar-refractivity contribution in [3.63, 3.8) is 0 Å². The number of methoxy groups -OCH3 is 1. The lowest BCUT2D eigenvalue weighted by atomic mass is 9.96. The lowest BCUT2D eigenvalue weighted by Crippen LogP contribution is -2.49. The number of aryl methyl sites for hydroxylation is 1. The van der Waals surface area contributed by atoms with Crippen LogP contribution in [-0.2, 0) is 4.79 Å². The number of nitrogens with one attached hydrogen (secondary N) is 3. The molecule has 1 aromatic carbocycles. The molecule has 1 aliphatic carbocycles. The average Bonchev–Trinajstić information content (AvgIpc) is 2.55. The van der Waals surface area contributed by atoms with Gasteiger partial charge >= 0.3 is 6.03 Å². The van der Waals surface area contributed by atoms with Crippen LogP contribution in [-0.4, -0.2) is 31.1 Å². The molecule has 6 heteroatoms. The first-order chi connectivity index (χ1) is 11.5. The van der Waals surface area contributed by atoms with Gasteiger partial charge in [0.2, 0.25) is 5.91 Å². The van der Waals surface area contributed by atoms with Crippen LogP contribution in [0.2, 0.25) is 0 Å². The summed E-state index contributed by atoms with van der Waals surface area (Å²) in [5, 5.41) is 8.38. The molecule has 3 N–H and O–H groups in total. The summed E-state index contributed by atoms with van der Waals surface area (Å²) in [5.74, 6) is 0.291. The number of imide groups is 1. The minimum atomic E-state index is -0.558. The van der Waals surface area contributed by atoms with Gasteiger partial charge < -0.3 is 15.4 Å². The molecule has 0 saturated heterocycles. The normalized spacial score (nSPS) is 16.1. The maximum absolute atomic E-state index is 12.2. The van der Waals surface area contributed by atoms with Gasteiger partial charge in [-0.2, -0.15) is 0 Å². The summed E-state index contributed by atoms with van der Waals surface area (Å²) in [7, 11) is 1.58. The lowest BCUT2D eigenvalue weighted by molar-refractivity contribution is -0.120. The van der Waals surface area contributed by atoms with Crippen molar-refractivity contribution in [2.45, 2.75) is 58.0 Å². The summed E-state index contributed by atoms with van der Waals surface area (Å²) in [6.45, 7) is 3.68. The topological polar surface area (TPSA) is 79.5 Å². The molecule has 0 heterocycles. The van der Waals surface area contributed by atoms with Gasteiger partial charge in [0, 0.05) is 6.04 Å². The quantitative estimate of drug-likeness (QED) is 0.774. The number of rotatable bonds is 5. The van der Waals surface area contributed by atoms with Crippen LogP contribution in [0, 0.1) is 6.92 Å². The fourth-order valence-corrected chi connectivity index (χ4v) is 2.92. The Hall–Kier alpha value is -2.24. The fourth-order valence-electron chi connectivity index (χ4n) is 2.92. The van der Waals surface area contributed by atoms with Crippen LogP contribution >= 0.6 is 0 Å². The van der Waals surface area contributed by atoms with Crippen LogP contribution < -0.4 is 20.7 Å². The Morgan fingerprint density at radius 2 is 1.92 bits per heavy atom. The van der Waals surface area contributed by atoms with Crippen molar-refractivity contribution in [3.8, 4) is 5.75 Å². The SMILES string of the molecule is COc1ccc(C)cc1N[C@H](C)C(=O)NC(=O)NC1CCCCC1. The predicted molar refractivity (Wildman–Crippen MR) is 94.4 cm³/mol. The van der Waals surface area contributed by atoms with E-state index in [9.17, 15) is 9.59 Å². The molecule has 0 spiro atoms. The van der Waals surface area contributed by atoms with E-state index in [4.69, 9.17) is 4.74 Å². The third kappa shape index (κ3) is 5.15. The lowest BCUT2D eigenvalue weighted by Gasteiger charge is -2.23. The molecule has 1 atom stereocenters. The van der Waals surface area contributed by atoms with Gasteiger partial charge in [0.25, 0.3) is 0 Å². The summed E-state index contributed by atoms with van der Waals surface area (Å²) < 4.78 is 5.29. The van der Waals surface area contributed by atoms with Crippen molar-refractivity contribution in [1.29, 1.82) is 0 Å². The molecule has 1 aromatic rings. The molecular formula is C18H27N3O3. The van der Waals surface area contributed by atoms with Gasteiger partial charge in [-0.3, -0.25) is 10.1 Å². The highest BCUT2D eigenvalue weighted by Crippen LogP contribution is 2.25. The second-order valence-corrected chi connectivity index (χ2v) is 6.37. The molecule has 1 saturated carbocycles. The molecular weight excluding hydrogens is 306 g/mol. The van der Waals surface area contributed by atoms with E-state index < -0.39 is 12.1 Å². The van der Waals surface area contributed by atoms with Gasteiger partial charge in [-0.05, 0) is 44.4 Å². The van der Waals surface area contributed by atoms with Crippen LogP contribution in [0.15, 0.2) is 18.2 Å². The van der Waals surface area contributed by atoms with Crippen molar-refractivity contribution >= 4 is 17.6 Å². The van der Waals surface area contributed by atoms with Gasteiger partial charge in [-0.15, -0.1) is 0 Å². The number of hydrogen-bond acceptors (Lipinski definition) is 4. The maximum Gasteiger partial charge on any atom is 0.321 e. The van der Waals surface area contributed by atoms with E-state index >= 15 is 0 Å². The molecule has 0 bridgehead atoms. The molecule has 0 aromatic heterocycles. The van der Waals surface area contributed by atoms with Crippen molar-refractivity contribution in [2.75, 3.05) is 12.4 Å². The van der Waals surface area contributed by atoms with Crippen LogP contribution in [0.4, 0.5) is 10.5 Å². The van der Waals surface area contributed by atoms with Crippen LogP contribution in [0.3, 0.4) is 0 Å². The van der Waals surface area contributed by atoms with Crippen LogP contribution in [0.5, 0.6) is 5.75 Å². The molecule has 24 heavy (non-hydrogen) atoms. The number of ether oxygens (including phenoxy) is 1. The molecule has 1 aliphatic rings. The van der Waals surface area contributed by atoms with Crippen molar-refractivity contribution in [3.05, 3.63) is 23.8 Å². The highest BCUT2D eigenvalue weighted by atomic mass is 16.5. The largest absolute Gasteiger partial charge is 0.495 e. The van der Waals surface area contributed by atoms with Crippen molar-refractivity contribution < 1.29 is 14.3 Å². The first-order valence-corrected chi connectivity index (χ1v) is 8.52. The van der Waals surface area contributed by atoms with Gasteiger partial charge in [0.05, 0.1) is 12.8 Å². The van der Waals surface area contributed by atoms with Gasteiger partial charge in [0.1, 0.15) is 11.8 Å². The summed E-state index contributed by atoms with van der Waals surface area (Å²) >= 11 is 0. The summed E-state index contributed by atoms with van der Waals surface area (Å²) in [5.41, 5.74) is 1.79. The zero-order chi connectivity index (χ0) is 17.5. The average molecular weight is 333 g/mol. The highest BCUT2D eigenvalue weighted by molar-refractivity contribution is 5.98. The van der Waals surface area contributed by atoms with Crippen LogP contribution in [0.25, 0.3) is 0 Å². The standard InChI is InChI=1S/C18H27N3O3/c1-12-9-10-16(24-3)15(11-12)19-13(2)17(22)21-18(23)20-14-7-5-4-6-8-14/h9-11,13-14,19H,4-8H2,1-3H3,(H2,20,21,22,23)/t13-/m1/s1. The number of anilines is 1. The van der Waals surface area contributed by atoms with Gasteiger partial charge in [-0.1, -0.05) is 25.3 Å². The molecule has 1 fully saturated rings. The van der Waals surface area contributed by atoms with Crippen molar-refractivity contribution in [1.82, 2.24) is 10.6 Å². The van der Waals surface area contributed by atoms with E-state index in [0.717, 1.165) is 36.9 Å². The predicted octanol–water partition coefficient (Wildman–Crippen LogP) is 2.96. The van der Waals surface area contributed by atoms with E-state index in [1.165, 1.54) is 6.42 Å². The Labute approximate surface area is 143 Å². The third-order valence-corrected chi connectivity index (χ3v) is 4.30. The molecule has 6 nitrogen and oxygen atoms in total. The Kier molecular flexibility index (Phi) is 6.46. The minimum Gasteiger partial charge on any atom is -0.495 e. The molecule has 0 radical (unpaired) electrons. The Balaban J connectivity index is 1.87. The van der Waals surface area contributed by atoms with E-state index in [1.54, 1.807) is 14.0 Å². The zero-order valence-corrected chi connectivity index (χ0v) is 14.6. The molecule has 2 rings (SSSR count). The fraction of sp³-hybridized carbons (Fsp3) is 0.556. The Morgan fingerprint density at radius 3 is 2.58 bits per heavy atom. The van der Waals surface area contributed by atoms with E-state index in [-0.39, 0.29) is 11.9 Å². The Morgan fingerprint density at radius 1 is 1.21 bits per heavy atom. The molecule has 3 amide bonds. The number of amides is 3. The van der Waals surface area contributed by atoms with E-state index in [0.29, 0.717) is 5.75 Å². The number of carbonyl (C=O) groups excluding carboxylic acids is 2. The highest BCUT2D eigenvalue weighted by Gasteiger charge is 2.20. The van der Waals surface area contributed by atoms with Gasteiger partial charge in [0.15, 0.2) is 0 Å². The van der Waals surface area contributed by atoms with Crippen molar-refractivity contribution in [2.24, 2.45) is 0 Å². The molecule has 0 unspecified atom stereocenters. The van der Waals surface area contributed by atoms with Gasteiger partial charge in [-0.25, -0.2) is 4.79 Å². The molecule has 0 aliphatic heterocycles. The molecule has 132 valence electrons. The third-order valence-electron chi connectivity index (χ3n) is 4.30. The second kappa shape index (κ2) is 8.57. The van der Waals surface area contributed by atoms with Crippen LogP contribution in [0.1, 0.15) is 44.6 Å². The second-order valence-electron chi connectivity index (χ2n) is 6.37. The maximum atomic E-state index is 12.2. The van der Waals surface area contributed by atoms with E-state index in [2.05, 4.69) is 16.0 Å². The number of urea groups is 1. The summed E-state index contributed by atoms with van der Waals surface area (Å²) in [6, 6.07) is 4.89. The number of benzene rings is 1. The smallest absolute Gasteiger partial charge is 0.321 e. The zero-order valence-electron chi connectivity index (χ0n) is 14.6. The monoisotopic (exact) mass is 333 g/mol.